The van der Waals surface area contributed by atoms with Crippen molar-refractivity contribution in [3.05, 3.63) is 53.6 Å². The van der Waals surface area contributed by atoms with Gasteiger partial charge in [-0.2, -0.15) is 0 Å². The average Bonchev–Trinajstić information content (AvgIpc) is 2.52. The summed E-state index contributed by atoms with van der Waals surface area (Å²) in [4.78, 5) is 11.4. The van der Waals surface area contributed by atoms with Gasteiger partial charge in [-0.3, -0.25) is 9.00 Å². The molecule has 0 amide bonds. The third-order valence-corrected chi connectivity index (χ3v) is 4.83. The number of hydrogen-bond donors (Lipinski definition) is 1. The highest BCUT2D eigenvalue weighted by atomic mass is 32.2. The highest BCUT2D eigenvalue weighted by molar-refractivity contribution is 7.84. The molecule has 0 radical (unpaired) electrons. The lowest BCUT2D eigenvalue weighted by Gasteiger charge is -2.17. The van der Waals surface area contributed by atoms with Crippen LogP contribution in [0.5, 0.6) is 0 Å². The molecule has 3 nitrogen and oxygen atoms in total. The van der Waals surface area contributed by atoms with E-state index in [0.29, 0.717) is 4.90 Å². The highest BCUT2D eigenvalue weighted by Crippen LogP contribution is 2.35. The van der Waals surface area contributed by atoms with Gasteiger partial charge in [-0.1, -0.05) is 42.3 Å². The van der Waals surface area contributed by atoms with Crippen LogP contribution in [-0.4, -0.2) is 21.5 Å². The lowest BCUT2D eigenvalue weighted by atomic mass is 9.88. The van der Waals surface area contributed by atoms with Crippen LogP contribution in [0.15, 0.2) is 47.4 Å². The number of carboxylic acids is 1. The summed E-state index contributed by atoms with van der Waals surface area (Å²) in [5.41, 5.74) is 5.10. The number of rotatable bonds is 4. The van der Waals surface area contributed by atoms with E-state index in [1.807, 2.05) is 0 Å². The smallest absolute Gasteiger partial charge is 0.304 e. The van der Waals surface area contributed by atoms with Gasteiger partial charge in [0.1, 0.15) is 0 Å². The monoisotopic (exact) mass is 340 g/mol. The topological polar surface area (TPSA) is 54.4 Å². The number of carbonyl (C=O) groups is 1. The zero-order valence-corrected chi connectivity index (χ0v) is 14.8. The van der Waals surface area contributed by atoms with Crippen molar-refractivity contribution in [3.63, 3.8) is 0 Å². The maximum absolute atomic E-state index is 11.6. The first-order valence-corrected chi connectivity index (χ1v) is 9.17. The van der Waals surface area contributed by atoms with Crippen LogP contribution in [0, 0.1) is 18.8 Å². The molecule has 2 aliphatic rings. The van der Waals surface area contributed by atoms with E-state index in [4.69, 9.17) is 5.11 Å². The van der Waals surface area contributed by atoms with Gasteiger partial charge in [0.25, 0.3) is 0 Å². The van der Waals surface area contributed by atoms with Crippen molar-refractivity contribution < 1.29 is 14.1 Å². The van der Waals surface area contributed by atoms with Crippen LogP contribution in [0.25, 0.3) is 11.1 Å². The Morgan fingerprint density at radius 1 is 1.25 bits per heavy atom. The van der Waals surface area contributed by atoms with Crippen LogP contribution in [0.4, 0.5) is 0 Å². The molecule has 0 spiro atoms. The van der Waals surface area contributed by atoms with E-state index < -0.39 is 22.7 Å². The van der Waals surface area contributed by atoms with Gasteiger partial charge < -0.3 is 5.11 Å². The molecule has 0 aliphatic heterocycles. The Morgan fingerprint density at radius 3 is 2.33 bits per heavy atom. The van der Waals surface area contributed by atoms with Crippen molar-refractivity contribution >= 4 is 16.8 Å². The van der Waals surface area contributed by atoms with Gasteiger partial charge in [-0.15, -0.1) is 5.92 Å². The van der Waals surface area contributed by atoms with Gasteiger partial charge in [0.2, 0.25) is 0 Å². The van der Waals surface area contributed by atoms with Crippen molar-refractivity contribution in [3.8, 4) is 23.0 Å². The van der Waals surface area contributed by atoms with E-state index in [1.54, 1.807) is 37.4 Å². The lowest BCUT2D eigenvalue weighted by molar-refractivity contribution is -0.137. The molecule has 2 aliphatic carbocycles. The number of hydrogen-bond acceptors (Lipinski definition) is 2. The van der Waals surface area contributed by atoms with Crippen LogP contribution in [-0.2, 0) is 15.6 Å². The molecule has 0 bridgehead atoms. The summed E-state index contributed by atoms with van der Waals surface area (Å²) in [7, 11) is -1.14. The predicted molar refractivity (Wildman–Crippen MR) is 97.4 cm³/mol. The Hall–Kier alpha value is -2.38. The number of aliphatic carboxylic acids is 1. The molecule has 4 heteroatoms. The van der Waals surface area contributed by atoms with Gasteiger partial charge in [0.15, 0.2) is 0 Å². The van der Waals surface area contributed by atoms with E-state index in [2.05, 4.69) is 37.0 Å². The molecule has 1 aromatic rings. The molecular weight excluding hydrogens is 320 g/mol. The molecule has 1 aromatic carbocycles. The molecule has 2 atom stereocenters. The Morgan fingerprint density at radius 2 is 1.96 bits per heavy atom. The zero-order chi connectivity index (χ0) is 17.7. The Bertz CT molecular complexity index is 843. The van der Waals surface area contributed by atoms with Crippen LogP contribution in [0.1, 0.15) is 30.4 Å². The van der Waals surface area contributed by atoms with Crippen molar-refractivity contribution in [2.45, 2.75) is 31.1 Å². The maximum atomic E-state index is 11.6. The summed E-state index contributed by atoms with van der Waals surface area (Å²) in [6.45, 7) is 3.81. The van der Waals surface area contributed by atoms with Gasteiger partial charge in [-0.25, -0.2) is 0 Å². The van der Waals surface area contributed by atoms with Gasteiger partial charge in [0.05, 0.1) is 23.1 Å². The first-order valence-electron chi connectivity index (χ1n) is 7.61. The number of aryl methyl sites for hydroxylation is 1. The van der Waals surface area contributed by atoms with E-state index in [0.717, 1.165) is 5.56 Å². The van der Waals surface area contributed by atoms with Crippen molar-refractivity contribution in [2.24, 2.45) is 0 Å². The second kappa shape index (κ2) is 7.94. The fourth-order valence-electron chi connectivity index (χ4n) is 2.60. The van der Waals surface area contributed by atoms with E-state index in [9.17, 15) is 9.00 Å². The van der Waals surface area contributed by atoms with Crippen LogP contribution in [0.3, 0.4) is 0 Å². The van der Waals surface area contributed by atoms with E-state index >= 15 is 0 Å². The Balaban J connectivity index is 0.000000242. The first-order chi connectivity index (χ1) is 11.4. The summed E-state index contributed by atoms with van der Waals surface area (Å²) < 4.78 is 11.6. The molecule has 24 heavy (non-hydrogen) atoms. The number of benzene rings is 2. The molecule has 124 valence electrons. The van der Waals surface area contributed by atoms with Gasteiger partial charge >= 0.3 is 5.97 Å². The van der Waals surface area contributed by atoms with E-state index in [1.165, 1.54) is 16.7 Å². The molecule has 1 N–H and O–H groups in total. The predicted octanol–water partition coefficient (Wildman–Crippen LogP) is 3.98. The Kier molecular flexibility index (Phi) is 5.94. The molecule has 0 aromatic heterocycles. The van der Waals surface area contributed by atoms with Gasteiger partial charge in [-0.05, 0) is 42.2 Å². The molecule has 0 saturated carbocycles. The summed E-state index contributed by atoms with van der Waals surface area (Å²) in [5.74, 6) is 4.27. The summed E-state index contributed by atoms with van der Waals surface area (Å²) in [6, 6.07) is 13.6. The van der Waals surface area contributed by atoms with E-state index in [-0.39, 0.29) is 6.42 Å². The maximum Gasteiger partial charge on any atom is 0.304 e. The Labute approximate surface area is 145 Å². The highest BCUT2D eigenvalue weighted by Gasteiger charge is 2.17. The van der Waals surface area contributed by atoms with Gasteiger partial charge in [0, 0.05) is 11.2 Å². The fraction of sp³-hybridized carbons (Fsp3) is 0.250. The van der Waals surface area contributed by atoms with Crippen molar-refractivity contribution in [1.29, 1.82) is 0 Å². The van der Waals surface area contributed by atoms with Crippen LogP contribution < -0.4 is 0 Å². The summed E-state index contributed by atoms with van der Waals surface area (Å²) in [5, 5.41) is 8.86. The standard InChI is InChI=1S/C13H14O3S.C7H6/c1-3-6-10(9-13(14)15)11-7-4-5-8-12(11)17(2)16;1-5-4-6-2-3-7(5)6/h4-5,7-8,10H,9H2,1-2H3,(H,14,15);2-4H,1H3. The fourth-order valence-corrected chi connectivity index (χ4v) is 3.41. The quantitative estimate of drug-likeness (QED) is 0.731. The van der Waals surface area contributed by atoms with Crippen LogP contribution in [0.2, 0.25) is 0 Å². The molecular formula is C20H20O3S. The molecule has 0 saturated heterocycles. The normalized spacial score (nSPS) is 12.8. The molecule has 2 unspecified atom stereocenters. The lowest BCUT2D eigenvalue weighted by Crippen LogP contribution is -2.07. The minimum absolute atomic E-state index is 0.0744. The average molecular weight is 340 g/mol. The zero-order valence-electron chi connectivity index (χ0n) is 14.0. The molecule has 3 rings (SSSR count). The minimum atomic E-state index is -1.14. The summed E-state index contributed by atoms with van der Waals surface area (Å²) >= 11 is 0. The second-order valence-corrected chi connectivity index (χ2v) is 6.91. The molecule has 0 fully saturated rings. The number of fused-ring (bicyclic) bond motifs is 1. The summed E-state index contributed by atoms with van der Waals surface area (Å²) in [6.07, 6.45) is 1.51. The SMILES string of the molecule is CC#CC(CC(=O)O)c1ccccc1S(C)=O.Cc1cc2ccc1-2. The third kappa shape index (κ3) is 4.12. The molecule has 0 heterocycles. The van der Waals surface area contributed by atoms with Crippen LogP contribution >= 0.6 is 0 Å². The third-order valence-electron chi connectivity index (χ3n) is 3.84. The first kappa shape index (κ1) is 18.0. The van der Waals surface area contributed by atoms with Crippen molar-refractivity contribution in [1.82, 2.24) is 0 Å². The largest absolute Gasteiger partial charge is 0.481 e. The number of carboxylic acid groups (broad SMARTS) is 1. The minimum Gasteiger partial charge on any atom is -0.481 e. The van der Waals surface area contributed by atoms with Crippen molar-refractivity contribution in [2.75, 3.05) is 6.26 Å². The second-order valence-electron chi connectivity index (χ2n) is 5.57.